The third kappa shape index (κ3) is 8.24. The second-order valence-electron chi connectivity index (χ2n) is 6.78. The molecule has 178 valence electrons. The van der Waals surface area contributed by atoms with Gasteiger partial charge in [-0.2, -0.15) is 8.78 Å². The van der Waals surface area contributed by atoms with Crippen LogP contribution in [0.2, 0.25) is 5.02 Å². The van der Waals surface area contributed by atoms with E-state index in [0.29, 0.717) is 51.0 Å². The molecule has 0 aromatic heterocycles. The molecule has 1 amide bonds. The summed E-state index contributed by atoms with van der Waals surface area (Å²) in [6.45, 7) is 0.0381. The molecule has 0 spiro atoms. The molecule has 0 unspecified atom stereocenters. The zero-order valence-electron chi connectivity index (χ0n) is 18.0. The number of alkyl halides is 2. The Morgan fingerprint density at radius 3 is 2.50 bits per heavy atom. The molecule has 0 radical (unpaired) electrons. The molecule has 0 aliphatic rings. The number of thioether (sulfide) groups is 1. The minimum absolute atomic E-state index is 0.316. The van der Waals surface area contributed by atoms with Gasteiger partial charge in [-0.05, 0) is 60.2 Å². The maximum atomic E-state index is 12.3. The van der Waals surface area contributed by atoms with Crippen LogP contribution in [0, 0.1) is 0 Å². The Morgan fingerprint density at radius 1 is 1.09 bits per heavy atom. The van der Waals surface area contributed by atoms with Gasteiger partial charge in [0, 0.05) is 21.2 Å². The van der Waals surface area contributed by atoms with Gasteiger partial charge in [0.1, 0.15) is 6.61 Å². The molecule has 0 bridgehead atoms. The molecule has 6 nitrogen and oxygen atoms in total. The van der Waals surface area contributed by atoms with Crippen LogP contribution in [-0.2, 0) is 16.2 Å². The van der Waals surface area contributed by atoms with Crippen LogP contribution in [-0.4, -0.2) is 31.6 Å². The number of hydrogen-bond acceptors (Lipinski definition) is 6. The number of oxime groups is 1. The van der Waals surface area contributed by atoms with Crippen LogP contribution in [0.15, 0.2) is 76.8 Å². The van der Waals surface area contributed by atoms with Gasteiger partial charge in [-0.25, -0.2) is 0 Å². The Balaban J connectivity index is 1.47. The lowest BCUT2D eigenvalue weighted by atomic mass is 10.2. The first-order valence-corrected chi connectivity index (χ1v) is 11.2. The van der Waals surface area contributed by atoms with Crippen molar-refractivity contribution in [3.8, 4) is 11.5 Å². The van der Waals surface area contributed by atoms with Gasteiger partial charge < -0.3 is 19.6 Å². The number of benzene rings is 3. The Bertz CT molecular complexity index is 1110. The van der Waals surface area contributed by atoms with Gasteiger partial charge in [-0.3, -0.25) is 4.79 Å². The molecule has 34 heavy (non-hydrogen) atoms. The summed E-state index contributed by atoms with van der Waals surface area (Å²) in [6, 6.07) is 18.7. The van der Waals surface area contributed by atoms with E-state index in [4.69, 9.17) is 25.9 Å². The number of methoxy groups -OCH3 is 1. The van der Waals surface area contributed by atoms with Crippen molar-refractivity contribution in [1.29, 1.82) is 0 Å². The Labute approximate surface area is 204 Å². The number of nitrogens with zero attached hydrogens (tertiary/aromatic N) is 1. The molecule has 10 heteroatoms. The van der Waals surface area contributed by atoms with Crippen LogP contribution in [0.5, 0.6) is 11.5 Å². The fourth-order valence-electron chi connectivity index (χ4n) is 2.74. The van der Waals surface area contributed by atoms with Gasteiger partial charge >= 0.3 is 0 Å². The summed E-state index contributed by atoms with van der Waals surface area (Å²) in [5.74, 6) is -1.85. The third-order valence-electron chi connectivity index (χ3n) is 4.33. The minimum Gasteiger partial charge on any atom is -0.493 e. The van der Waals surface area contributed by atoms with Crippen LogP contribution in [0.1, 0.15) is 11.1 Å². The highest BCUT2D eigenvalue weighted by atomic mass is 35.5. The van der Waals surface area contributed by atoms with Crippen LogP contribution in [0.3, 0.4) is 0 Å². The van der Waals surface area contributed by atoms with Crippen molar-refractivity contribution in [3.63, 3.8) is 0 Å². The number of rotatable bonds is 11. The molecular weight excluding hydrogens is 486 g/mol. The summed E-state index contributed by atoms with van der Waals surface area (Å²) in [6.07, 6.45) is 1.44. The standard InChI is InChI=1S/C24H21ClF2N2O4S/c1-31-22-12-17(4-11-21(22)32-14-16-2-5-18(25)6-3-16)13-28-33-15-23(30)29-19-7-9-20(10-8-19)34-24(26)27/h2-13,24H,14-15H2,1H3,(H,29,30). The van der Waals surface area contributed by atoms with E-state index in [1.807, 2.05) is 12.1 Å². The molecule has 3 aromatic carbocycles. The second kappa shape index (κ2) is 12.8. The van der Waals surface area contributed by atoms with Crippen LogP contribution < -0.4 is 14.8 Å². The number of carbonyl (C=O) groups excluding carboxylic acids is 1. The number of anilines is 1. The molecule has 0 heterocycles. The third-order valence-corrected chi connectivity index (χ3v) is 5.30. The summed E-state index contributed by atoms with van der Waals surface area (Å²) in [4.78, 5) is 17.4. The first-order valence-electron chi connectivity index (χ1n) is 9.98. The predicted octanol–water partition coefficient (Wildman–Crippen LogP) is 6.23. The molecule has 3 rings (SSSR count). The smallest absolute Gasteiger partial charge is 0.288 e. The number of hydrogen-bond donors (Lipinski definition) is 1. The van der Waals surface area contributed by atoms with Crippen molar-refractivity contribution in [1.82, 2.24) is 0 Å². The monoisotopic (exact) mass is 506 g/mol. The largest absolute Gasteiger partial charge is 0.493 e. The Morgan fingerprint density at radius 2 is 1.82 bits per heavy atom. The first kappa shape index (κ1) is 25.3. The maximum Gasteiger partial charge on any atom is 0.288 e. The van der Waals surface area contributed by atoms with Crippen LogP contribution in [0.4, 0.5) is 14.5 Å². The quantitative estimate of drug-likeness (QED) is 0.190. The topological polar surface area (TPSA) is 69.2 Å². The van der Waals surface area contributed by atoms with Crippen molar-refractivity contribution in [2.45, 2.75) is 17.3 Å². The molecule has 0 atom stereocenters. The lowest BCUT2D eigenvalue weighted by molar-refractivity contribution is -0.120. The van der Waals surface area contributed by atoms with Crippen molar-refractivity contribution in [2.75, 3.05) is 19.0 Å². The summed E-state index contributed by atoms with van der Waals surface area (Å²) < 4.78 is 35.9. The lowest BCUT2D eigenvalue weighted by Gasteiger charge is -2.11. The molecule has 0 fully saturated rings. The predicted molar refractivity (Wildman–Crippen MR) is 129 cm³/mol. The van der Waals surface area contributed by atoms with Gasteiger partial charge in [-0.1, -0.05) is 40.7 Å². The lowest BCUT2D eigenvalue weighted by Crippen LogP contribution is -2.16. The van der Waals surface area contributed by atoms with E-state index in [9.17, 15) is 13.6 Å². The van der Waals surface area contributed by atoms with Crippen molar-refractivity contribution in [2.24, 2.45) is 5.16 Å². The van der Waals surface area contributed by atoms with Gasteiger partial charge in [0.15, 0.2) is 18.1 Å². The highest BCUT2D eigenvalue weighted by Gasteiger charge is 2.08. The molecule has 0 aliphatic heterocycles. The van der Waals surface area contributed by atoms with E-state index in [1.165, 1.54) is 37.6 Å². The number of carbonyl (C=O) groups is 1. The fraction of sp³-hybridized carbons (Fsp3) is 0.167. The summed E-state index contributed by atoms with van der Waals surface area (Å²) in [7, 11) is 1.53. The van der Waals surface area contributed by atoms with Crippen LogP contribution >= 0.6 is 23.4 Å². The van der Waals surface area contributed by atoms with E-state index < -0.39 is 11.7 Å². The summed E-state index contributed by atoms with van der Waals surface area (Å²) >= 11 is 6.33. The second-order valence-corrected chi connectivity index (χ2v) is 8.28. The van der Waals surface area contributed by atoms with Crippen molar-refractivity contribution >= 4 is 41.2 Å². The Kier molecular flexibility index (Phi) is 9.54. The van der Waals surface area contributed by atoms with E-state index in [1.54, 1.807) is 30.3 Å². The molecule has 0 saturated heterocycles. The molecule has 0 aliphatic carbocycles. The molecular formula is C24H21ClF2N2O4S. The van der Waals surface area contributed by atoms with E-state index in [0.717, 1.165) is 5.56 Å². The number of amides is 1. The molecule has 1 N–H and O–H groups in total. The van der Waals surface area contributed by atoms with Gasteiger partial charge in [0.05, 0.1) is 13.3 Å². The van der Waals surface area contributed by atoms with E-state index >= 15 is 0 Å². The molecule has 0 saturated carbocycles. The first-order chi connectivity index (χ1) is 16.4. The zero-order chi connectivity index (χ0) is 24.3. The Hall–Kier alpha value is -3.30. The minimum atomic E-state index is -2.50. The fourth-order valence-corrected chi connectivity index (χ4v) is 3.36. The number of halogens is 3. The number of ether oxygens (including phenoxy) is 2. The van der Waals surface area contributed by atoms with Gasteiger partial charge in [0.25, 0.3) is 11.7 Å². The highest BCUT2D eigenvalue weighted by Crippen LogP contribution is 2.29. The summed E-state index contributed by atoms with van der Waals surface area (Å²) in [5.41, 5.74) is 2.12. The zero-order valence-corrected chi connectivity index (χ0v) is 19.6. The molecule has 3 aromatic rings. The average molecular weight is 507 g/mol. The van der Waals surface area contributed by atoms with Crippen molar-refractivity contribution in [3.05, 3.63) is 82.9 Å². The summed E-state index contributed by atoms with van der Waals surface area (Å²) in [5, 5.41) is 7.05. The normalized spacial score (nSPS) is 11.0. The highest BCUT2D eigenvalue weighted by molar-refractivity contribution is 7.99. The van der Waals surface area contributed by atoms with Crippen LogP contribution in [0.25, 0.3) is 0 Å². The van der Waals surface area contributed by atoms with Gasteiger partial charge in [-0.15, -0.1) is 0 Å². The van der Waals surface area contributed by atoms with E-state index in [-0.39, 0.29) is 6.61 Å². The van der Waals surface area contributed by atoms with Gasteiger partial charge in [0.2, 0.25) is 0 Å². The van der Waals surface area contributed by atoms with Crippen molar-refractivity contribution < 1.29 is 27.9 Å². The van der Waals surface area contributed by atoms with E-state index in [2.05, 4.69) is 10.5 Å². The number of nitrogens with one attached hydrogen (secondary N) is 1. The average Bonchev–Trinajstić information content (AvgIpc) is 2.82. The SMILES string of the molecule is COc1cc(C=NOCC(=O)Nc2ccc(SC(F)F)cc2)ccc1OCc1ccc(Cl)cc1. The maximum absolute atomic E-state index is 12.3.